The summed E-state index contributed by atoms with van der Waals surface area (Å²) in [4.78, 5) is 12.0. The molecule has 1 atom stereocenters. The lowest BCUT2D eigenvalue weighted by Crippen LogP contribution is -2.38. The molecule has 100 valence electrons. The van der Waals surface area contributed by atoms with E-state index in [4.69, 9.17) is 23.2 Å². The van der Waals surface area contributed by atoms with Gasteiger partial charge in [-0.2, -0.15) is 0 Å². The molecule has 0 aliphatic carbocycles. The predicted molar refractivity (Wildman–Crippen MR) is 74.3 cm³/mol. The summed E-state index contributed by atoms with van der Waals surface area (Å²) in [6.07, 6.45) is 0.719. The molecule has 1 unspecified atom stereocenters. The van der Waals surface area contributed by atoms with Gasteiger partial charge in [0.05, 0.1) is 12.6 Å². The number of hydrogen-bond acceptors (Lipinski definition) is 2. The number of halogens is 2. The fourth-order valence-electron chi connectivity index (χ4n) is 1.70. The number of amides is 1. The normalized spacial score (nSPS) is 12.6. The summed E-state index contributed by atoms with van der Waals surface area (Å²) in [7, 11) is 0. The van der Waals surface area contributed by atoms with E-state index < -0.39 is 0 Å². The van der Waals surface area contributed by atoms with Crippen LogP contribution in [0.4, 0.5) is 0 Å². The van der Waals surface area contributed by atoms with E-state index in [0.717, 1.165) is 6.42 Å². The molecule has 1 amide bonds. The molecule has 5 heteroatoms. The van der Waals surface area contributed by atoms with Crippen LogP contribution in [0.1, 0.15) is 30.6 Å². The van der Waals surface area contributed by atoms with Gasteiger partial charge in [-0.15, -0.1) is 0 Å². The van der Waals surface area contributed by atoms with E-state index >= 15 is 0 Å². The molecule has 0 aliphatic heterocycles. The second-order valence-corrected chi connectivity index (χ2v) is 5.51. The molecule has 1 rings (SSSR count). The van der Waals surface area contributed by atoms with Crippen molar-refractivity contribution in [1.82, 2.24) is 5.32 Å². The third kappa shape index (κ3) is 4.84. The van der Waals surface area contributed by atoms with Gasteiger partial charge in [0.2, 0.25) is 0 Å². The van der Waals surface area contributed by atoms with Crippen LogP contribution in [0.2, 0.25) is 10.0 Å². The Balaban J connectivity index is 2.74. The van der Waals surface area contributed by atoms with Gasteiger partial charge in [0.15, 0.2) is 0 Å². The van der Waals surface area contributed by atoms with E-state index in [1.807, 2.05) is 13.8 Å². The highest BCUT2D eigenvalue weighted by atomic mass is 35.5. The van der Waals surface area contributed by atoms with Gasteiger partial charge in [-0.05, 0) is 30.5 Å². The number of carbonyl (C=O) groups excluding carboxylic acids is 1. The number of benzene rings is 1. The third-order valence-corrected chi connectivity index (χ3v) is 2.87. The van der Waals surface area contributed by atoms with Crippen molar-refractivity contribution in [1.29, 1.82) is 0 Å². The molecule has 1 aromatic carbocycles. The lowest BCUT2D eigenvalue weighted by molar-refractivity contribution is 0.0908. The molecule has 0 saturated carbocycles. The van der Waals surface area contributed by atoms with Gasteiger partial charge in [-0.3, -0.25) is 4.79 Å². The smallest absolute Gasteiger partial charge is 0.251 e. The summed E-state index contributed by atoms with van der Waals surface area (Å²) >= 11 is 11.7. The van der Waals surface area contributed by atoms with Crippen molar-refractivity contribution in [2.24, 2.45) is 5.92 Å². The van der Waals surface area contributed by atoms with Gasteiger partial charge >= 0.3 is 0 Å². The van der Waals surface area contributed by atoms with Crippen LogP contribution in [-0.2, 0) is 0 Å². The molecule has 0 bridgehead atoms. The monoisotopic (exact) mass is 289 g/mol. The van der Waals surface area contributed by atoms with Crippen molar-refractivity contribution in [3.8, 4) is 0 Å². The summed E-state index contributed by atoms with van der Waals surface area (Å²) in [6.45, 7) is 3.98. The zero-order valence-electron chi connectivity index (χ0n) is 10.4. The fourth-order valence-corrected chi connectivity index (χ4v) is 2.23. The second-order valence-electron chi connectivity index (χ2n) is 4.64. The van der Waals surface area contributed by atoms with Crippen molar-refractivity contribution in [2.75, 3.05) is 6.61 Å². The Hall–Kier alpha value is -0.770. The van der Waals surface area contributed by atoms with E-state index in [0.29, 0.717) is 21.5 Å². The summed E-state index contributed by atoms with van der Waals surface area (Å²) < 4.78 is 0. The standard InChI is InChI=1S/C13H17Cl2NO2/c1-8(2)3-12(7-17)16-13(18)9-4-10(14)6-11(15)5-9/h4-6,8,12,17H,3,7H2,1-2H3,(H,16,18). The number of carbonyl (C=O) groups is 1. The first kappa shape index (κ1) is 15.3. The zero-order valence-corrected chi connectivity index (χ0v) is 11.9. The molecular formula is C13H17Cl2NO2. The van der Waals surface area contributed by atoms with E-state index in [1.54, 1.807) is 18.2 Å². The molecule has 0 heterocycles. The Morgan fingerprint density at radius 2 is 1.83 bits per heavy atom. The van der Waals surface area contributed by atoms with Crippen molar-refractivity contribution in [3.63, 3.8) is 0 Å². The summed E-state index contributed by atoms with van der Waals surface area (Å²) in [5.74, 6) is 0.115. The summed E-state index contributed by atoms with van der Waals surface area (Å²) in [6, 6.07) is 4.41. The number of aliphatic hydroxyl groups excluding tert-OH is 1. The topological polar surface area (TPSA) is 49.3 Å². The Bertz CT molecular complexity index is 401. The average Bonchev–Trinajstić information content (AvgIpc) is 2.26. The molecule has 2 N–H and O–H groups in total. The second kappa shape index (κ2) is 6.98. The minimum Gasteiger partial charge on any atom is -0.394 e. The Kier molecular flexibility index (Phi) is 5.93. The summed E-state index contributed by atoms with van der Waals surface area (Å²) in [5, 5.41) is 12.8. The summed E-state index contributed by atoms with van der Waals surface area (Å²) in [5.41, 5.74) is 0.398. The van der Waals surface area contributed by atoms with Gasteiger partial charge in [-0.1, -0.05) is 37.0 Å². The largest absolute Gasteiger partial charge is 0.394 e. The van der Waals surface area contributed by atoms with Gasteiger partial charge < -0.3 is 10.4 Å². The number of nitrogens with one attached hydrogen (secondary N) is 1. The van der Waals surface area contributed by atoms with Crippen LogP contribution in [0.15, 0.2) is 18.2 Å². The quantitative estimate of drug-likeness (QED) is 0.875. The SMILES string of the molecule is CC(C)CC(CO)NC(=O)c1cc(Cl)cc(Cl)c1. The molecule has 0 aliphatic rings. The molecule has 3 nitrogen and oxygen atoms in total. The first-order valence-electron chi connectivity index (χ1n) is 5.80. The lowest BCUT2D eigenvalue weighted by Gasteiger charge is -2.18. The highest BCUT2D eigenvalue weighted by molar-refractivity contribution is 6.35. The van der Waals surface area contributed by atoms with Crippen LogP contribution >= 0.6 is 23.2 Å². The molecule has 18 heavy (non-hydrogen) atoms. The molecule has 0 aromatic heterocycles. The maximum atomic E-state index is 12.0. The Labute approximate surface area is 117 Å². The van der Waals surface area contributed by atoms with Crippen molar-refractivity contribution in [3.05, 3.63) is 33.8 Å². The zero-order chi connectivity index (χ0) is 13.7. The highest BCUT2D eigenvalue weighted by Gasteiger charge is 2.15. The van der Waals surface area contributed by atoms with Crippen LogP contribution in [0, 0.1) is 5.92 Å². The fraction of sp³-hybridized carbons (Fsp3) is 0.462. The minimum absolute atomic E-state index is 0.0851. The molecule has 0 radical (unpaired) electrons. The Morgan fingerprint density at radius 1 is 1.28 bits per heavy atom. The first-order chi connectivity index (χ1) is 8.42. The lowest BCUT2D eigenvalue weighted by atomic mass is 10.0. The van der Waals surface area contributed by atoms with E-state index in [-0.39, 0.29) is 18.6 Å². The molecule has 0 fully saturated rings. The molecular weight excluding hydrogens is 273 g/mol. The number of hydrogen-bond donors (Lipinski definition) is 2. The van der Waals surface area contributed by atoms with Crippen LogP contribution in [-0.4, -0.2) is 23.7 Å². The maximum Gasteiger partial charge on any atom is 0.251 e. The maximum absolute atomic E-state index is 12.0. The van der Waals surface area contributed by atoms with Crippen LogP contribution in [0.5, 0.6) is 0 Å². The third-order valence-electron chi connectivity index (χ3n) is 2.44. The first-order valence-corrected chi connectivity index (χ1v) is 6.55. The van der Waals surface area contributed by atoms with Gasteiger partial charge in [-0.25, -0.2) is 0 Å². The Morgan fingerprint density at radius 3 is 2.28 bits per heavy atom. The van der Waals surface area contributed by atoms with E-state index in [1.165, 1.54) is 0 Å². The molecule has 0 saturated heterocycles. The molecule has 1 aromatic rings. The predicted octanol–water partition coefficient (Wildman–Crippen LogP) is 3.13. The van der Waals surface area contributed by atoms with Crippen LogP contribution < -0.4 is 5.32 Å². The number of rotatable bonds is 5. The number of aliphatic hydroxyl groups is 1. The van der Waals surface area contributed by atoms with Gasteiger partial charge in [0, 0.05) is 15.6 Å². The van der Waals surface area contributed by atoms with Gasteiger partial charge in [0.25, 0.3) is 5.91 Å². The van der Waals surface area contributed by atoms with Gasteiger partial charge in [0.1, 0.15) is 0 Å². The van der Waals surface area contributed by atoms with Crippen molar-refractivity contribution >= 4 is 29.1 Å². The van der Waals surface area contributed by atoms with E-state index in [2.05, 4.69) is 5.32 Å². The minimum atomic E-state index is -0.279. The van der Waals surface area contributed by atoms with E-state index in [9.17, 15) is 9.90 Å². The average molecular weight is 290 g/mol. The van der Waals surface area contributed by atoms with Crippen molar-refractivity contribution < 1.29 is 9.90 Å². The molecule has 0 spiro atoms. The van der Waals surface area contributed by atoms with Crippen LogP contribution in [0.25, 0.3) is 0 Å². The van der Waals surface area contributed by atoms with Crippen LogP contribution in [0.3, 0.4) is 0 Å². The van der Waals surface area contributed by atoms with Crippen molar-refractivity contribution in [2.45, 2.75) is 26.3 Å². The highest BCUT2D eigenvalue weighted by Crippen LogP contribution is 2.19.